The Bertz CT molecular complexity index is 2220. The highest BCUT2D eigenvalue weighted by molar-refractivity contribution is 6.39. The number of ether oxygens (including phenoxy) is 8. The van der Waals surface area contributed by atoms with Crippen molar-refractivity contribution >= 4 is 41.1 Å². The first-order valence-corrected chi connectivity index (χ1v) is 24.9. The molecule has 0 radical (unpaired) electrons. The van der Waals surface area contributed by atoms with Crippen LogP contribution in [0.1, 0.15) is 111 Å². The Kier molecular flexibility index (Phi) is 22.4. The predicted octanol–water partition coefficient (Wildman–Crippen LogP) is 6.23. The number of halogens is 2. The number of esters is 3. The minimum absolute atomic E-state index is 0.0372. The van der Waals surface area contributed by atoms with E-state index in [2.05, 4.69) is 0 Å². The third-order valence-electron chi connectivity index (χ3n) is 13.0. The minimum Gasteiger partial charge on any atom is -0.505 e. The van der Waals surface area contributed by atoms with Gasteiger partial charge in [0.15, 0.2) is 36.3 Å². The molecule has 20 heteroatoms. The van der Waals surface area contributed by atoms with Crippen molar-refractivity contribution in [3.8, 4) is 11.5 Å². The van der Waals surface area contributed by atoms with Crippen molar-refractivity contribution in [2.45, 2.75) is 187 Å². The van der Waals surface area contributed by atoms with E-state index in [1.54, 1.807) is 53.7 Å². The Morgan fingerprint density at radius 1 is 0.903 bits per heavy atom. The molecule has 3 heterocycles. The summed E-state index contributed by atoms with van der Waals surface area (Å²) in [5.74, 6) is -4.78. The highest BCUT2D eigenvalue weighted by Gasteiger charge is 2.53. The number of rotatable bonds is 13. The van der Waals surface area contributed by atoms with E-state index in [1.807, 2.05) is 32.9 Å². The van der Waals surface area contributed by atoms with Crippen molar-refractivity contribution in [2.75, 3.05) is 13.7 Å². The normalized spacial score (nSPS) is 34.8. The van der Waals surface area contributed by atoms with E-state index in [4.69, 9.17) is 61.1 Å². The van der Waals surface area contributed by atoms with E-state index in [-0.39, 0.29) is 35.4 Å². The van der Waals surface area contributed by atoms with Gasteiger partial charge in [-0.1, -0.05) is 86.9 Å². The molecule has 18 nitrogen and oxygen atoms in total. The summed E-state index contributed by atoms with van der Waals surface area (Å²) in [5, 5.41) is 76.5. The molecule has 2 saturated heterocycles. The third-order valence-corrected chi connectivity index (χ3v) is 13.8. The first-order chi connectivity index (χ1) is 33.7. The quantitative estimate of drug-likeness (QED) is 0.0655. The van der Waals surface area contributed by atoms with Gasteiger partial charge in [-0.2, -0.15) is 0 Å². The number of phenols is 2. The summed E-state index contributed by atoms with van der Waals surface area (Å²) in [6.07, 6.45) is -5.45. The molecule has 0 aromatic heterocycles. The summed E-state index contributed by atoms with van der Waals surface area (Å²) >= 11 is 12.3. The molecule has 404 valence electrons. The van der Waals surface area contributed by atoms with Gasteiger partial charge in [-0.15, -0.1) is 0 Å². The van der Waals surface area contributed by atoms with E-state index in [1.165, 1.54) is 33.1 Å². The highest BCUT2D eigenvalue weighted by atomic mass is 35.5. The zero-order valence-electron chi connectivity index (χ0n) is 43.0. The maximum Gasteiger partial charge on any atom is 0.342 e. The van der Waals surface area contributed by atoms with Gasteiger partial charge in [0, 0.05) is 19.4 Å². The first kappa shape index (κ1) is 60.7. The zero-order chi connectivity index (χ0) is 54.1. The number of aliphatic hydroxyl groups excluding tert-OH is 5. The third kappa shape index (κ3) is 14.7. The highest BCUT2D eigenvalue weighted by Crippen LogP contribution is 2.45. The number of carbonyl (C=O) groups is 3. The molecule has 1 aromatic carbocycles. The van der Waals surface area contributed by atoms with Crippen molar-refractivity contribution in [3.05, 3.63) is 79.9 Å². The molecule has 3 aliphatic heterocycles. The van der Waals surface area contributed by atoms with Crippen LogP contribution >= 0.6 is 23.2 Å². The molecule has 3 aliphatic rings. The largest absolute Gasteiger partial charge is 0.505 e. The average molecular weight is 1060 g/mol. The maximum atomic E-state index is 13.9. The number of benzene rings is 1. The maximum absolute atomic E-state index is 13.9. The Hall–Kier alpha value is -3.89. The van der Waals surface area contributed by atoms with E-state index in [0.29, 0.717) is 23.1 Å². The second-order valence-corrected chi connectivity index (χ2v) is 20.1. The fourth-order valence-corrected chi connectivity index (χ4v) is 9.16. The van der Waals surface area contributed by atoms with Gasteiger partial charge >= 0.3 is 17.9 Å². The number of phenolic OH excluding ortho intramolecular Hbond substituents is 2. The Balaban J connectivity index is 1.61. The molecule has 2 fully saturated rings. The molecule has 14 atom stereocenters. The average Bonchev–Trinajstić information content (AvgIpc) is 3.32. The minimum atomic E-state index is -1.61. The molecular formula is C52H74Cl2O18. The van der Waals surface area contributed by atoms with Gasteiger partial charge in [0.2, 0.25) is 0 Å². The number of methoxy groups -OCH3 is 1. The van der Waals surface area contributed by atoms with Crippen LogP contribution in [0.3, 0.4) is 0 Å². The fourth-order valence-electron chi connectivity index (χ4n) is 8.60. The number of hydrogen-bond donors (Lipinski definition) is 7. The molecule has 0 spiro atoms. The molecule has 0 aliphatic carbocycles. The van der Waals surface area contributed by atoms with Crippen LogP contribution in [0.25, 0.3) is 0 Å². The zero-order valence-corrected chi connectivity index (χ0v) is 44.5. The summed E-state index contributed by atoms with van der Waals surface area (Å²) in [6, 6.07) is 0. The first-order valence-electron chi connectivity index (χ1n) is 24.2. The van der Waals surface area contributed by atoms with Gasteiger partial charge in [0.25, 0.3) is 0 Å². The summed E-state index contributed by atoms with van der Waals surface area (Å²) in [6.45, 7) is 18.1. The number of aliphatic hydroxyl groups is 5. The fraction of sp³-hybridized carbons (Fsp3) is 0.635. The van der Waals surface area contributed by atoms with Crippen LogP contribution < -0.4 is 0 Å². The van der Waals surface area contributed by atoms with Gasteiger partial charge < -0.3 is 73.6 Å². The van der Waals surface area contributed by atoms with Crippen molar-refractivity contribution in [1.82, 2.24) is 0 Å². The van der Waals surface area contributed by atoms with Crippen molar-refractivity contribution in [2.24, 2.45) is 11.8 Å². The van der Waals surface area contributed by atoms with Gasteiger partial charge in [-0.05, 0) is 90.5 Å². The molecule has 0 unspecified atom stereocenters. The Labute approximate surface area is 431 Å². The van der Waals surface area contributed by atoms with Crippen LogP contribution in [0.2, 0.25) is 10.0 Å². The lowest BCUT2D eigenvalue weighted by Gasteiger charge is -2.47. The second-order valence-electron chi connectivity index (χ2n) is 19.4. The lowest BCUT2D eigenvalue weighted by atomic mass is 9.88. The SMILES string of the molecule is CCc1c(Cl)c(O)c(Cl)c(O)c1C(=O)O[C@H]1[C@H](O)[C@H](OC)[C@H](OC/C2=C\C=C/C[C@H](O)/C(C)=C/[C@H](CC)[C@@H](O[C@@H]3OC(C)(C)[C@@H](OC(=O)C(C)C)[C@H](O)[C@@H]3O)/C(C)=C/C(C)=C/C[C@@H]([C@@H](C)O)OC2=O)O[C@@H]1C. The summed E-state index contributed by atoms with van der Waals surface area (Å²) in [7, 11) is 1.26. The molecule has 0 amide bonds. The number of carbonyl (C=O) groups excluding carboxylic acids is 3. The van der Waals surface area contributed by atoms with Crippen molar-refractivity contribution < 1.29 is 88.0 Å². The van der Waals surface area contributed by atoms with Crippen LogP contribution in [-0.4, -0.2) is 153 Å². The number of hydrogen-bond acceptors (Lipinski definition) is 18. The van der Waals surface area contributed by atoms with E-state index >= 15 is 0 Å². The van der Waals surface area contributed by atoms with Gasteiger partial charge in [-0.25, -0.2) is 9.59 Å². The van der Waals surface area contributed by atoms with Gasteiger partial charge in [0.1, 0.15) is 46.7 Å². The van der Waals surface area contributed by atoms with Crippen molar-refractivity contribution in [3.63, 3.8) is 0 Å². The molecule has 0 bridgehead atoms. The molecule has 72 heavy (non-hydrogen) atoms. The van der Waals surface area contributed by atoms with Crippen LogP contribution in [0.15, 0.2) is 58.7 Å². The van der Waals surface area contributed by atoms with Crippen LogP contribution in [0.4, 0.5) is 0 Å². The molecule has 0 saturated carbocycles. The lowest BCUT2D eigenvalue weighted by molar-refractivity contribution is -0.333. The summed E-state index contributed by atoms with van der Waals surface area (Å²) in [4.78, 5) is 40.0. The molecular weight excluding hydrogens is 983 g/mol. The number of allylic oxidation sites excluding steroid dienone is 4. The molecule has 1 aromatic rings. The smallest absolute Gasteiger partial charge is 0.342 e. The van der Waals surface area contributed by atoms with E-state index in [0.717, 1.165) is 0 Å². The van der Waals surface area contributed by atoms with Gasteiger partial charge in [0.05, 0.1) is 47.5 Å². The van der Waals surface area contributed by atoms with E-state index in [9.17, 15) is 50.1 Å². The van der Waals surface area contributed by atoms with Crippen molar-refractivity contribution in [1.29, 1.82) is 0 Å². The monoisotopic (exact) mass is 1060 g/mol. The van der Waals surface area contributed by atoms with Crippen LogP contribution in [0, 0.1) is 11.8 Å². The predicted molar refractivity (Wildman–Crippen MR) is 265 cm³/mol. The topological polar surface area (TPSA) is 267 Å². The Morgan fingerprint density at radius 2 is 1.57 bits per heavy atom. The summed E-state index contributed by atoms with van der Waals surface area (Å²) in [5.41, 5.74) is 0.318. The lowest BCUT2D eigenvalue weighted by Crippen LogP contribution is -2.64. The van der Waals surface area contributed by atoms with Crippen LogP contribution in [-0.2, 0) is 53.9 Å². The standard InChI is InChI=1S/C52H74Cl2O18/c1-13-30-22-26(6)33(56)18-16-15-17-31(23-66-51-45(65-12)42(61)44(29(9)67-51)69-49(64)35-32(14-2)36(53)39(58)37(54)38(35)57)48(63)68-34(28(8)55)20-19-25(5)21-27(7)43(30)70-50-41(60)40(59)46(52(10,11)72-50)71-47(62)24(3)4/h15-17,19,21-22,24,28-30,33-34,40-46,50-51,55-61H,13-14,18,20,23H2,1-12H3/b16-15-,25-19+,26-22+,27-21+,31-17+/t28-,29-,30+,33+,34+,40-,41+,42+,43+,44-,45+,46+,50-,51-/m1/s1. The van der Waals surface area contributed by atoms with Crippen LogP contribution in [0.5, 0.6) is 11.5 Å². The number of aromatic hydroxyl groups is 2. The molecule has 4 rings (SSSR count). The Morgan fingerprint density at radius 3 is 2.17 bits per heavy atom. The molecule has 7 N–H and O–H groups in total. The summed E-state index contributed by atoms with van der Waals surface area (Å²) < 4.78 is 47.5. The van der Waals surface area contributed by atoms with E-state index < -0.39 is 144 Å². The second kappa shape index (κ2) is 26.5. The number of cyclic esters (lactones) is 1. The van der Waals surface area contributed by atoms with Gasteiger partial charge in [-0.3, -0.25) is 4.79 Å².